The summed E-state index contributed by atoms with van der Waals surface area (Å²) in [4.78, 5) is 22.5. The highest BCUT2D eigenvalue weighted by Crippen LogP contribution is 2.32. The van der Waals surface area contributed by atoms with Gasteiger partial charge in [-0.3, -0.25) is 20.1 Å². The Bertz CT molecular complexity index is 922. The van der Waals surface area contributed by atoms with Crippen molar-refractivity contribution in [3.05, 3.63) is 53.9 Å². The number of rotatable bonds is 4. The van der Waals surface area contributed by atoms with Gasteiger partial charge >= 0.3 is 0 Å². The summed E-state index contributed by atoms with van der Waals surface area (Å²) in [7, 11) is 0. The summed E-state index contributed by atoms with van der Waals surface area (Å²) in [6.45, 7) is 2.52. The van der Waals surface area contributed by atoms with Crippen LogP contribution in [-0.4, -0.2) is 40.5 Å². The molecule has 1 amide bonds. The molecule has 8 heteroatoms. The monoisotopic (exact) mass is 357 g/mol. The van der Waals surface area contributed by atoms with Gasteiger partial charge < -0.3 is 10.2 Å². The minimum absolute atomic E-state index is 0.0609. The van der Waals surface area contributed by atoms with E-state index in [1.807, 2.05) is 12.1 Å². The van der Waals surface area contributed by atoms with E-state index < -0.39 is 0 Å². The molecule has 0 saturated carbocycles. The van der Waals surface area contributed by atoms with Crippen LogP contribution in [0.1, 0.15) is 16.1 Å². The van der Waals surface area contributed by atoms with E-state index in [0.29, 0.717) is 25.5 Å². The van der Waals surface area contributed by atoms with Crippen molar-refractivity contribution in [1.29, 1.82) is 0 Å². The van der Waals surface area contributed by atoms with Crippen LogP contribution < -0.4 is 10.6 Å². The number of halogens is 1. The Kier molecular flexibility index (Phi) is 4.29. The molecule has 4 heterocycles. The van der Waals surface area contributed by atoms with Crippen LogP contribution in [-0.2, 0) is 6.54 Å². The molecule has 1 aliphatic rings. The van der Waals surface area contributed by atoms with Crippen molar-refractivity contribution in [2.24, 2.45) is 0 Å². The molecule has 0 spiro atoms. The predicted octanol–water partition coefficient (Wildman–Crippen LogP) is 2.45. The molecular formula is C17H16FN5OS. The third-order valence-electron chi connectivity index (χ3n) is 4.02. The molecule has 2 N–H and O–H groups in total. The fourth-order valence-electron chi connectivity index (χ4n) is 2.79. The fourth-order valence-corrected chi connectivity index (χ4v) is 3.74. The van der Waals surface area contributed by atoms with E-state index in [1.54, 1.807) is 28.6 Å². The molecular weight excluding hydrogens is 341 g/mol. The second-order valence-corrected chi connectivity index (χ2v) is 6.86. The first kappa shape index (κ1) is 15.9. The standard InChI is InChI=1S/C17H16FN5OS/c18-12-5-11(7-20-9-12)8-22-15-6-13-14(25-15)1-2-21-16(13)17(24)23-4-3-19-10-23/h1-2,5-7,9,19,22H,3-4,8,10H2. The minimum Gasteiger partial charge on any atom is -0.373 e. The molecule has 25 heavy (non-hydrogen) atoms. The molecule has 0 aromatic carbocycles. The number of fused-ring (bicyclic) bond motifs is 1. The van der Waals surface area contributed by atoms with Crippen LogP contribution in [0, 0.1) is 5.82 Å². The van der Waals surface area contributed by atoms with E-state index in [2.05, 4.69) is 20.6 Å². The van der Waals surface area contributed by atoms with Gasteiger partial charge in [-0.25, -0.2) is 4.39 Å². The maximum absolute atomic E-state index is 13.2. The number of hydrogen-bond acceptors (Lipinski definition) is 6. The van der Waals surface area contributed by atoms with Crippen LogP contribution in [0.5, 0.6) is 0 Å². The Morgan fingerprint density at radius 1 is 1.40 bits per heavy atom. The Morgan fingerprint density at radius 3 is 3.12 bits per heavy atom. The molecule has 4 rings (SSSR count). The predicted molar refractivity (Wildman–Crippen MR) is 95.0 cm³/mol. The normalized spacial score (nSPS) is 14.2. The summed E-state index contributed by atoms with van der Waals surface area (Å²) in [6.07, 6.45) is 4.47. The first-order chi connectivity index (χ1) is 12.2. The molecule has 128 valence electrons. The second-order valence-electron chi connectivity index (χ2n) is 5.77. The topological polar surface area (TPSA) is 70.2 Å². The molecule has 0 aliphatic carbocycles. The van der Waals surface area contributed by atoms with Gasteiger partial charge in [0.1, 0.15) is 11.5 Å². The lowest BCUT2D eigenvalue weighted by Gasteiger charge is -2.13. The van der Waals surface area contributed by atoms with E-state index in [-0.39, 0.29) is 11.7 Å². The summed E-state index contributed by atoms with van der Waals surface area (Å²) in [6, 6.07) is 5.27. The first-order valence-corrected chi connectivity index (χ1v) is 8.74. The maximum atomic E-state index is 13.2. The van der Waals surface area contributed by atoms with Crippen LogP contribution in [0.4, 0.5) is 9.39 Å². The van der Waals surface area contributed by atoms with Crippen molar-refractivity contribution in [1.82, 2.24) is 20.2 Å². The first-order valence-electron chi connectivity index (χ1n) is 7.92. The maximum Gasteiger partial charge on any atom is 0.274 e. The second kappa shape index (κ2) is 6.73. The van der Waals surface area contributed by atoms with Gasteiger partial charge in [-0.1, -0.05) is 0 Å². The lowest BCUT2D eigenvalue weighted by atomic mass is 10.2. The van der Waals surface area contributed by atoms with Gasteiger partial charge in [0.15, 0.2) is 0 Å². The number of nitrogens with one attached hydrogen (secondary N) is 2. The molecule has 1 fully saturated rings. The third kappa shape index (κ3) is 3.31. The highest BCUT2D eigenvalue weighted by molar-refractivity contribution is 7.22. The Morgan fingerprint density at radius 2 is 2.32 bits per heavy atom. The molecule has 1 aliphatic heterocycles. The number of carbonyl (C=O) groups is 1. The van der Waals surface area contributed by atoms with E-state index in [4.69, 9.17) is 0 Å². The molecule has 0 atom stereocenters. The van der Waals surface area contributed by atoms with Gasteiger partial charge in [0.25, 0.3) is 5.91 Å². The molecule has 3 aromatic rings. The Hall–Kier alpha value is -2.58. The summed E-state index contributed by atoms with van der Waals surface area (Å²) < 4.78 is 14.2. The average molecular weight is 357 g/mol. The van der Waals surface area contributed by atoms with Crippen molar-refractivity contribution in [3.63, 3.8) is 0 Å². The van der Waals surface area contributed by atoms with E-state index in [1.165, 1.54) is 12.3 Å². The van der Waals surface area contributed by atoms with E-state index in [9.17, 15) is 9.18 Å². The van der Waals surface area contributed by atoms with E-state index >= 15 is 0 Å². The van der Waals surface area contributed by atoms with Crippen molar-refractivity contribution < 1.29 is 9.18 Å². The van der Waals surface area contributed by atoms with Crippen molar-refractivity contribution in [2.45, 2.75) is 6.54 Å². The lowest BCUT2D eigenvalue weighted by molar-refractivity contribution is 0.0787. The number of hydrogen-bond donors (Lipinski definition) is 2. The lowest BCUT2D eigenvalue weighted by Crippen LogP contribution is -2.30. The molecule has 1 saturated heterocycles. The van der Waals surface area contributed by atoms with Crippen LogP contribution >= 0.6 is 11.3 Å². The zero-order valence-electron chi connectivity index (χ0n) is 13.3. The van der Waals surface area contributed by atoms with Gasteiger partial charge in [0, 0.05) is 42.1 Å². The van der Waals surface area contributed by atoms with Crippen LogP contribution in [0.25, 0.3) is 10.1 Å². The fraction of sp³-hybridized carbons (Fsp3) is 0.235. The quantitative estimate of drug-likeness (QED) is 0.751. The summed E-state index contributed by atoms with van der Waals surface area (Å²) in [5, 5.41) is 8.15. The van der Waals surface area contributed by atoms with Gasteiger partial charge in [-0.05, 0) is 23.8 Å². The van der Waals surface area contributed by atoms with Gasteiger partial charge in [0.2, 0.25) is 0 Å². The van der Waals surface area contributed by atoms with E-state index in [0.717, 1.165) is 27.2 Å². The number of aromatic nitrogens is 2. The molecule has 3 aromatic heterocycles. The third-order valence-corrected chi connectivity index (χ3v) is 5.08. The number of nitrogens with zero attached hydrogens (tertiary/aromatic N) is 3. The zero-order chi connectivity index (χ0) is 17.2. The number of pyridine rings is 2. The highest BCUT2D eigenvalue weighted by Gasteiger charge is 2.22. The van der Waals surface area contributed by atoms with Crippen molar-refractivity contribution in [2.75, 3.05) is 25.1 Å². The molecule has 0 unspecified atom stereocenters. The minimum atomic E-state index is -0.355. The van der Waals surface area contributed by atoms with Crippen LogP contribution in [0.15, 0.2) is 36.8 Å². The Balaban J connectivity index is 1.57. The number of thiophene rings is 1. The van der Waals surface area contributed by atoms with Crippen LogP contribution in [0.3, 0.4) is 0 Å². The summed E-state index contributed by atoms with van der Waals surface area (Å²) >= 11 is 1.54. The van der Waals surface area contributed by atoms with Gasteiger partial charge in [-0.15, -0.1) is 11.3 Å². The smallest absolute Gasteiger partial charge is 0.274 e. The molecule has 0 radical (unpaired) electrons. The van der Waals surface area contributed by atoms with Crippen molar-refractivity contribution >= 4 is 32.3 Å². The average Bonchev–Trinajstić information content (AvgIpc) is 3.28. The number of anilines is 1. The number of carbonyl (C=O) groups excluding carboxylic acids is 1. The summed E-state index contributed by atoms with van der Waals surface area (Å²) in [5.41, 5.74) is 1.23. The molecule has 6 nitrogen and oxygen atoms in total. The number of amides is 1. The summed E-state index contributed by atoms with van der Waals surface area (Å²) in [5.74, 6) is -0.416. The SMILES string of the molecule is O=C(c1nccc2sc(NCc3cncc(F)c3)cc12)N1CCNC1. The largest absolute Gasteiger partial charge is 0.373 e. The Labute approximate surface area is 147 Å². The van der Waals surface area contributed by atoms with Gasteiger partial charge in [0.05, 0.1) is 17.9 Å². The zero-order valence-corrected chi connectivity index (χ0v) is 14.1. The van der Waals surface area contributed by atoms with Crippen LogP contribution in [0.2, 0.25) is 0 Å². The van der Waals surface area contributed by atoms with Crippen molar-refractivity contribution in [3.8, 4) is 0 Å². The molecule has 0 bridgehead atoms. The van der Waals surface area contributed by atoms with Gasteiger partial charge in [-0.2, -0.15) is 0 Å². The highest BCUT2D eigenvalue weighted by atomic mass is 32.1.